The monoisotopic (exact) mass is 143 g/mol. The van der Waals surface area contributed by atoms with Gasteiger partial charge in [-0.3, -0.25) is 0 Å². The van der Waals surface area contributed by atoms with Crippen LogP contribution in [0.5, 0.6) is 0 Å². The van der Waals surface area contributed by atoms with Crippen LogP contribution in [0.2, 0.25) is 0 Å². The lowest BCUT2D eigenvalue weighted by Crippen LogP contribution is -1.90. The maximum atomic E-state index is 9.48. The summed E-state index contributed by atoms with van der Waals surface area (Å²) >= 11 is 0. The molecule has 0 aliphatic rings. The Kier molecular flexibility index (Phi) is 11.9. The van der Waals surface area contributed by atoms with Gasteiger partial charge < -0.3 is 9.84 Å². The lowest BCUT2D eigenvalue weighted by Gasteiger charge is -1.83. The molecule has 0 amide bonds. The summed E-state index contributed by atoms with van der Waals surface area (Å²) in [6.07, 6.45) is 1.31. The molecule has 0 aromatic rings. The van der Waals surface area contributed by atoms with Gasteiger partial charge in [-0.1, -0.05) is 6.08 Å². The molecule has 0 saturated heterocycles. The lowest BCUT2D eigenvalue weighted by molar-refractivity contribution is 0.128. The molecule has 0 aromatic heterocycles. The Balaban J connectivity index is 0. The number of allylic oxidation sites excluding steroid dienone is 1. The minimum Gasteiger partial charge on any atom is -0.449 e. The molecule has 0 aromatic carbocycles. The number of hydrogen-bond acceptors (Lipinski definition) is 3. The van der Waals surface area contributed by atoms with Crippen molar-refractivity contribution in [2.75, 3.05) is 0 Å². The van der Waals surface area contributed by atoms with Crippen molar-refractivity contribution in [3.63, 3.8) is 0 Å². The van der Waals surface area contributed by atoms with Gasteiger partial charge in [0.25, 0.3) is 0 Å². The third-order valence-corrected chi connectivity index (χ3v) is 0.305. The summed E-state index contributed by atoms with van der Waals surface area (Å²) in [5.74, 6) is 0. The van der Waals surface area contributed by atoms with Crippen LogP contribution in [-0.4, -0.2) is 11.3 Å². The highest BCUT2D eigenvalue weighted by Gasteiger charge is 1.85. The number of nitriles is 1. The number of hydrogen-bond donors (Lipinski definition) is 1. The largest absolute Gasteiger partial charge is 0.510 e. The first-order valence-electron chi connectivity index (χ1n) is 2.50. The van der Waals surface area contributed by atoms with Crippen LogP contribution in [0, 0.1) is 11.3 Å². The second-order valence-corrected chi connectivity index (χ2v) is 1.08. The average molecular weight is 143 g/mol. The SMILES string of the molecule is CC#N.CC=COC(=O)O. The fourth-order valence-corrected chi connectivity index (χ4v) is 0.126. The van der Waals surface area contributed by atoms with Gasteiger partial charge in [0.15, 0.2) is 0 Å². The standard InChI is InChI=1S/C4H6O3.C2H3N/c1-2-3-7-4(5)6;1-2-3/h2-3H,1H3,(H,5,6);1H3. The molecule has 0 unspecified atom stereocenters. The molecule has 4 nitrogen and oxygen atoms in total. The van der Waals surface area contributed by atoms with E-state index in [4.69, 9.17) is 10.4 Å². The number of rotatable bonds is 1. The highest BCUT2D eigenvalue weighted by Crippen LogP contribution is 1.75. The van der Waals surface area contributed by atoms with Crippen molar-refractivity contribution in [3.8, 4) is 6.07 Å². The van der Waals surface area contributed by atoms with E-state index in [1.807, 2.05) is 0 Å². The lowest BCUT2D eigenvalue weighted by atomic mass is 10.7. The van der Waals surface area contributed by atoms with Crippen molar-refractivity contribution in [3.05, 3.63) is 12.3 Å². The van der Waals surface area contributed by atoms with E-state index in [-0.39, 0.29) is 0 Å². The highest BCUT2D eigenvalue weighted by molar-refractivity contribution is 5.57. The Labute approximate surface area is 59.3 Å². The van der Waals surface area contributed by atoms with E-state index in [1.165, 1.54) is 13.0 Å². The van der Waals surface area contributed by atoms with Crippen LogP contribution in [0.1, 0.15) is 13.8 Å². The van der Waals surface area contributed by atoms with Gasteiger partial charge >= 0.3 is 6.16 Å². The van der Waals surface area contributed by atoms with Gasteiger partial charge in [0, 0.05) is 6.92 Å². The summed E-state index contributed by atoms with van der Waals surface area (Å²) in [5, 5.41) is 15.1. The molecule has 4 heteroatoms. The van der Waals surface area contributed by atoms with Crippen LogP contribution < -0.4 is 0 Å². The molecule has 0 atom stereocenters. The van der Waals surface area contributed by atoms with Gasteiger partial charge in [-0.25, -0.2) is 4.79 Å². The van der Waals surface area contributed by atoms with Crippen molar-refractivity contribution >= 4 is 6.16 Å². The fraction of sp³-hybridized carbons (Fsp3) is 0.333. The van der Waals surface area contributed by atoms with E-state index in [0.29, 0.717) is 0 Å². The number of nitrogens with zero attached hydrogens (tertiary/aromatic N) is 1. The Hall–Kier alpha value is -1.50. The molecular formula is C6H9NO3. The third-order valence-electron chi connectivity index (χ3n) is 0.305. The van der Waals surface area contributed by atoms with Gasteiger partial charge in [0.05, 0.1) is 12.3 Å². The first kappa shape index (κ1) is 11.3. The first-order chi connectivity index (χ1) is 4.68. The van der Waals surface area contributed by atoms with Crippen LogP contribution >= 0.6 is 0 Å². The molecule has 10 heavy (non-hydrogen) atoms. The smallest absolute Gasteiger partial charge is 0.449 e. The molecular weight excluding hydrogens is 134 g/mol. The van der Waals surface area contributed by atoms with E-state index in [1.54, 1.807) is 13.0 Å². The van der Waals surface area contributed by atoms with Crippen LogP contribution in [-0.2, 0) is 4.74 Å². The fourth-order valence-electron chi connectivity index (χ4n) is 0.126. The zero-order valence-electron chi connectivity index (χ0n) is 5.87. The molecule has 1 N–H and O–H groups in total. The predicted molar refractivity (Wildman–Crippen MR) is 35.2 cm³/mol. The molecule has 0 rings (SSSR count). The Morgan fingerprint density at radius 2 is 2.20 bits per heavy atom. The van der Waals surface area contributed by atoms with E-state index < -0.39 is 6.16 Å². The Morgan fingerprint density at radius 1 is 1.80 bits per heavy atom. The summed E-state index contributed by atoms with van der Waals surface area (Å²) in [7, 11) is 0. The van der Waals surface area contributed by atoms with E-state index >= 15 is 0 Å². The van der Waals surface area contributed by atoms with Crippen molar-refractivity contribution in [2.24, 2.45) is 0 Å². The molecule has 0 fully saturated rings. The van der Waals surface area contributed by atoms with Crippen molar-refractivity contribution < 1.29 is 14.6 Å². The van der Waals surface area contributed by atoms with Gasteiger partial charge in [0.2, 0.25) is 0 Å². The zero-order chi connectivity index (χ0) is 8.41. The zero-order valence-corrected chi connectivity index (χ0v) is 5.87. The number of ether oxygens (including phenoxy) is 1. The second kappa shape index (κ2) is 10.5. The first-order valence-corrected chi connectivity index (χ1v) is 2.50. The van der Waals surface area contributed by atoms with Crippen LogP contribution in [0.3, 0.4) is 0 Å². The molecule has 0 bridgehead atoms. The summed E-state index contributed by atoms with van der Waals surface area (Å²) in [6, 6.07) is 1.75. The topological polar surface area (TPSA) is 70.3 Å². The van der Waals surface area contributed by atoms with Crippen molar-refractivity contribution in [1.29, 1.82) is 5.26 Å². The van der Waals surface area contributed by atoms with Crippen LogP contribution in [0.4, 0.5) is 4.79 Å². The summed E-state index contributed by atoms with van der Waals surface area (Å²) in [6.45, 7) is 3.10. The molecule has 56 valence electrons. The average Bonchev–Trinajstić information content (AvgIpc) is 1.85. The van der Waals surface area contributed by atoms with Gasteiger partial charge in [-0.15, -0.1) is 0 Å². The molecule has 0 spiro atoms. The van der Waals surface area contributed by atoms with E-state index in [2.05, 4.69) is 4.74 Å². The quantitative estimate of drug-likeness (QED) is 0.448. The normalized spacial score (nSPS) is 7.30. The summed E-state index contributed by atoms with van der Waals surface area (Å²) < 4.78 is 3.93. The maximum absolute atomic E-state index is 9.48. The third kappa shape index (κ3) is 31.5. The van der Waals surface area contributed by atoms with Gasteiger partial charge in [0.1, 0.15) is 0 Å². The highest BCUT2D eigenvalue weighted by atomic mass is 16.7. The Bertz CT molecular complexity index is 146. The van der Waals surface area contributed by atoms with Crippen molar-refractivity contribution in [2.45, 2.75) is 13.8 Å². The molecule has 0 aliphatic carbocycles. The summed E-state index contributed by atoms with van der Waals surface area (Å²) in [5.41, 5.74) is 0. The van der Waals surface area contributed by atoms with E-state index in [0.717, 1.165) is 6.26 Å². The minimum atomic E-state index is -1.28. The molecule has 0 heterocycles. The predicted octanol–water partition coefficient (Wildman–Crippen LogP) is 1.74. The Morgan fingerprint density at radius 3 is 2.30 bits per heavy atom. The molecule has 0 saturated carbocycles. The second-order valence-electron chi connectivity index (χ2n) is 1.08. The molecule has 0 aliphatic heterocycles. The van der Waals surface area contributed by atoms with Crippen LogP contribution in [0.15, 0.2) is 12.3 Å². The van der Waals surface area contributed by atoms with Crippen molar-refractivity contribution in [1.82, 2.24) is 0 Å². The summed E-state index contributed by atoms with van der Waals surface area (Å²) in [4.78, 5) is 9.48. The van der Waals surface area contributed by atoms with Gasteiger partial charge in [-0.05, 0) is 6.92 Å². The van der Waals surface area contributed by atoms with Gasteiger partial charge in [-0.2, -0.15) is 5.26 Å². The minimum absolute atomic E-state index is 1.10. The maximum Gasteiger partial charge on any atom is 0.510 e. The molecule has 0 radical (unpaired) electrons. The van der Waals surface area contributed by atoms with E-state index in [9.17, 15) is 4.79 Å². The van der Waals surface area contributed by atoms with Crippen LogP contribution in [0.25, 0.3) is 0 Å². The number of carboxylic acid groups (broad SMARTS) is 1. The number of carbonyl (C=O) groups is 1.